The van der Waals surface area contributed by atoms with Gasteiger partial charge in [-0.1, -0.05) is 43.7 Å². The lowest BCUT2D eigenvalue weighted by atomic mass is 10.1. The smallest absolute Gasteiger partial charge is 0.181 e. The molecule has 2 aromatic rings. The molecule has 4 nitrogen and oxygen atoms in total. The number of nitrogens with zero attached hydrogens (tertiary/aromatic N) is 2. The normalized spacial score (nSPS) is 10.6. The van der Waals surface area contributed by atoms with Crippen LogP contribution in [0, 0.1) is 0 Å². The van der Waals surface area contributed by atoms with Gasteiger partial charge >= 0.3 is 0 Å². The predicted molar refractivity (Wildman–Crippen MR) is 74.2 cm³/mol. The number of carbonyl (C=O) groups is 1. The van der Waals surface area contributed by atoms with Gasteiger partial charge in [-0.15, -0.1) is 0 Å². The maximum atomic E-state index is 11.7. The number of aromatic hydroxyl groups is 1. The predicted octanol–water partition coefficient (Wildman–Crippen LogP) is 3.26. The second-order valence-corrected chi connectivity index (χ2v) is 4.54. The second-order valence-electron chi connectivity index (χ2n) is 4.54. The molecule has 0 radical (unpaired) electrons. The van der Waals surface area contributed by atoms with Crippen LogP contribution in [0.4, 0.5) is 0 Å². The van der Waals surface area contributed by atoms with Crippen LogP contribution in [0.5, 0.6) is 5.75 Å². The molecule has 1 aromatic carbocycles. The molecule has 1 N–H and O–H groups in total. The van der Waals surface area contributed by atoms with Crippen molar-refractivity contribution in [2.24, 2.45) is 0 Å². The minimum Gasteiger partial charge on any atom is -0.504 e. The van der Waals surface area contributed by atoms with E-state index in [1.165, 1.54) is 6.92 Å². The van der Waals surface area contributed by atoms with Gasteiger partial charge in [-0.05, 0) is 6.42 Å². The lowest BCUT2D eigenvalue weighted by Gasteiger charge is -2.03. The maximum Gasteiger partial charge on any atom is 0.181 e. The van der Waals surface area contributed by atoms with Crippen molar-refractivity contribution in [1.29, 1.82) is 0 Å². The molecule has 0 aliphatic rings. The molecule has 100 valence electrons. The molecule has 0 spiro atoms. The Hall–Kier alpha value is -2.10. The maximum absolute atomic E-state index is 11.7. The Morgan fingerprint density at radius 1 is 1.32 bits per heavy atom. The van der Waals surface area contributed by atoms with E-state index in [4.69, 9.17) is 0 Å². The van der Waals surface area contributed by atoms with Crippen LogP contribution in [0.1, 0.15) is 37.2 Å². The topological polar surface area (TPSA) is 55.1 Å². The molecule has 0 atom stereocenters. The van der Waals surface area contributed by atoms with Crippen LogP contribution in [-0.4, -0.2) is 20.7 Å². The Morgan fingerprint density at radius 2 is 2.00 bits per heavy atom. The number of aryl methyl sites for hydroxylation is 1. The summed E-state index contributed by atoms with van der Waals surface area (Å²) in [5.74, 6) is -0.182. The van der Waals surface area contributed by atoms with Crippen molar-refractivity contribution in [2.75, 3.05) is 0 Å². The molecule has 0 bridgehead atoms. The van der Waals surface area contributed by atoms with Gasteiger partial charge in [0.1, 0.15) is 11.4 Å². The fraction of sp³-hybridized carbons (Fsp3) is 0.333. The molecule has 1 aromatic heterocycles. The number of hydrogen-bond acceptors (Lipinski definition) is 3. The molecule has 0 saturated carbocycles. The van der Waals surface area contributed by atoms with Crippen LogP contribution in [-0.2, 0) is 6.54 Å². The van der Waals surface area contributed by atoms with E-state index in [-0.39, 0.29) is 11.5 Å². The van der Waals surface area contributed by atoms with Crippen LogP contribution in [0.15, 0.2) is 30.3 Å². The monoisotopic (exact) mass is 258 g/mol. The Labute approximate surface area is 112 Å². The SMILES string of the molecule is CCCCn1nc(-c2ccccc2)c(O)c1C(C)=O. The minimum atomic E-state index is -0.164. The van der Waals surface area contributed by atoms with Gasteiger partial charge in [0.2, 0.25) is 0 Å². The minimum absolute atomic E-state index is 0.0187. The van der Waals surface area contributed by atoms with Crippen molar-refractivity contribution < 1.29 is 9.90 Å². The summed E-state index contributed by atoms with van der Waals surface area (Å²) in [4.78, 5) is 11.7. The summed E-state index contributed by atoms with van der Waals surface area (Å²) >= 11 is 0. The summed E-state index contributed by atoms with van der Waals surface area (Å²) in [6.07, 6.45) is 1.94. The Morgan fingerprint density at radius 3 is 2.58 bits per heavy atom. The van der Waals surface area contributed by atoms with E-state index in [1.807, 2.05) is 30.3 Å². The molecule has 0 fully saturated rings. The molecule has 0 saturated heterocycles. The summed E-state index contributed by atoms with van der Waals surface area (Å²) in [5.41, 5.74) is 1.59. The van der Waals surface area contributed by atoms with Crippen molar-refractivity contribution in [3.8, 4) is 17.0 Å². The van der Waals surface area contributed by atoms with Gasteiger partial charge < -0.3 is 5.11 Å². The molecule has 0 unspecified atom stereocenters. The molecular weight excluding hydrogens is 240 g/mol. The number of unbranched alkanes of at least 4 members (excludes halogenated alkanes) is 1. The second kappa shape index (κ2) is 5.69. The molecule has 2 rings (SSSR count). The molecule has 0 aliphatic carbocycles. The van der Waals surface area contributed by atoms with Gasteiger partial charge in [0.05, 0.1) is 0 Å². The number of hydrogen-bond donors (Lipinski definition) is 1. The number of ketones is 1. The van der Waals surface area contributed by atoms with Crippen LogP contribution in [0.25, 0.3) is 11.3 Å². The van der Waals surface area contributed by atoms with E-state index < -0.39 is 0 Å². The summed E-state index contributed by atoms with van der Waals surface area (Å²) in [7, 11) is 0. The number of carbonyl (C=O) groups excluding carboxylic acids is 1. The molecule has 0 amide bonds. The van der Waals surface area contributed by atoms with E-state index in [2.05, 4.69) is 12.0 Å². The van der Waals surface area contributed by atoms with E-state index in [1.54, 1.807) is 4.68 Å². The number of Topliss-reactive ketones (excluding diaryl/α,β-unsaturated/α-hetero) is 1. The highest BCUT2D eigenvalue weighted by molar-refractivity contribution is 5.97. The Kier molecular flexibility index (Phi) is 4.00. The van der Waals surface area contributed by atoms with Crippen LogP contribution >= 0.6 is 0 Å². The fourth-order valence-electron chi connectivity index (χ4n) is 2.06. The summed E-state index contributed by atoms with van der Waals surface area (Å²) in [6.45, 7) is 4.18. The van der Waals surface area contributed by atoms with Gasteiger partial charge in [0.25, 0.3) is 0 Å². The zero-order valence-corrected chi connectivity index (χ0v) is 11.3. The molecule has 19 heavy (non-hydrogen) atoms. The highest BCUT2D eigenvalue weighted by atomic mass is 16.3. The highest BCUT2D eigenvalue weighted by Crippen LogP contribution is 2.31. The Balaban J connectivity index is 2.49. The van der Waals surface area contributed by atoms with Crippen LogP contribution in [0.3, 0.4) is 0 Å². The van der Waals surface area contributed by atoms with Crippen molar-refractivity contribution in [2.45, 2.75) is 33.2 Å². The fourth-order valence-corrected chi connectivity index (χ4v) is 2.06. The van der Waals surface area contributed by atoms with Gasteiger partial charge in [0.15, 0.2) is 11.5 Å². The van der Waals surface area contributed by atoms with E-state index in [9.17, 15) is 9.90 Å². The number of rotatable bonds is 5. The zero-order valence-electron chi connectivity index (χ0n) is 11.3. The Bertz CT molecular complexity index is 573. The summed E-state index contributed by atoms with van der Waals surface area (Å²) < 4.78 is 1.61. The van der Waals surface area contributed by atoms with E-state index in [0.29, 0.717) is 17.9 Å². The summed E-state index contributed by atoms with van der Waals surface area (Å²) in [6, 6.07) is 9.41. The van der Waals surface area contributed by atoms with Gasteiger partial charge in [-0.2, -0.15) is 5.10 Å². The van der Waals surface area contributed by atoms with Crippen molar-refractivity contribution in [3.63, 3.8) is 0 Å². The molecule has 4 heteroatoms. The van der Waals surface area contributed by atoms with Gasteiger partial charge in [0, 0.05) is 19.0 Å². The highest BCUT2D eigenvalue weighted by Gasteiger charge is 2.21. The standard InChI is InChI=1S/C15H18N2O2/c1-3-4-10-17-14(11(2)18)15(19)13(16-17)12-8-6-5-7-9-12/h5-9,19H,3-4,10H2,1-2H3. The number of aromatic nitrogens is 2. The first-order chi connectivity index (χ1) is 9.15. The first-order valence-electron chi connectivity index (χ1n) is 6.51. The van der Waals surface area contributed by atoms with E-state index in [0.717, 1.165) is 18.4 Å². The average molecular weight is 258 g/mol. The molecule has 1 heterocycles. The van der Waals surface area contributed by atoms with Crippen LogP contribution in [0.2, 0.25) is 0 Å². The van der Waals surface area contributed by atoms with Gasteiger partial charge in [-0.3, -0.25) is 9.48 Å². The lowest BCUT2D eigenvalue weighted by Crippen LogP contribution is -2.08. The van der Waals surface area contributed by atoms with Crippen molar-refractivity contribution in [3.05, 3.63) is 36.0 Å². The van der Waals surface area contributed by atoms with Gasteiger partial charge in [-0.25, -0.2) is 0 Å². The largest absolute Gasteiger partial charge is 0.504 e. The van der Waals surface area contributed by atoms with E-state index >= 15 is 0 Å². The van der Waals surface area contributed by atoms with Crippen LogP contribution < -0.4 is 0 Å². The molecular formula is C15H18N2O2. The third-order valence-electron chi connectivity index (χ3n) is 3.03. The first kappa shape index (κ1) is 13.3. The average Bonchev–Trinajstić information content (AvgIpc) is 2.74. The van der Waals surface area contributed by atoms with Crippen molar-refractivity contribution >= 4 is 5.78 Å². The van der Waals surface area contributed by atoms with Crippen molar-refractivity contribution in [1.82, 2.24) is 9.78 Å². The number of benzene rings is 1. The third-order valence-corrected chi connectivity index (χ3v) is 3.03. The zero-order chi connectivity index (χ0) is 13.8. The first-order valence-corrected chi connectivity index (χ1v) is 6.51. The molecule has 0 aliphatic heterocycles. The summed E-state index contributed by atoms with van der Waals surface area (Å²) in [5, 5.41) is 14.6. The quantitative estimate of drug-likeness (QED) is 0.837. The lowest BCUT2D eigenvalue weighted by molar-refractivity contribution is 0.1000. The third kappa shape index (κ3) is 2.67.